The molecule has 0 bridgehead atoms. The Labute approximate surface area is 108 Å². The molecule has 3 heteroatoms. The third kappa shape index (κ3) is 2.63. The Balaban J connectivity index is 2.28. The molecule has 0 spiro atoms. The van der Waals surface area contributed by atoms with E-state index in [9.17, 15) is 0 Å². The summed E-state index contributed by atoms with van der Waals surface area (Å²) in [6.45, 7) is 6.30. The fraction of sp³-hybridized carbons (Fsp3) is 0.333. The summed E-state index contributed by atoms with van der Waals surface area (Å²) in [4.78, 5) is 0. The van der Waals surface area contributed by atoms with Crippen molar-refractivity contribution in [3.63, 3.8) is 0 Å². The smallest absolute Gasteiger partial charge is 0.126 e. The lowest BCUT2D eigenvalue weighted by atomic mass is 9.98. The Kier molecular flexibility index (Phi) is 3.84. The first kappa shape index (κ1) is 12.9. The van der Waals surface area contributed by atoms with Crippen molar-refractivity contribution in [2.75, 3.05) is 0 Å². The van der Waals surface area contributed by atoms with Crippen LogP contribution in [-0.2, 0) is 0 Å². The van der Waals surface area contributed by atoms with Crippen molar-refractivity contribution in [1.29, 1.82) is 0 Å². The normalized spacial score (nSPS) is 12.9. The number of aryl methyl sites for hydroxylation is 1. The van der Waals surface area contributed by atoms with Crippen molar-refractivity contribution < 1.29 is 4.42 Å². The summed E-state index contributed by atoms with van der Waals surface area (Å²) in [6, 6.07) is 12.3. The molecule has 2 rings (SSSR count). The average molecular weight is 244 g/mol. The van der Waals surface area contributed by atoms with Gasteiger partial charge in [-0.3, -0.25) is 5.84 Å². The van der Waals surface area contributed by atoms with Crippen LogP contribution < -0.4 is 11.3 Å². The number of furan rings is 1. The predicted octanol–water partition coefficient (Wildman–Crippen LogP) is 3.26. The average Bonchev–Trinajstić information content (AvgIpc) is 2.77. The van der Waals surface area contributed by atoms with E-state index in [1.54, 1.807) is 0 Å². The number of rotatable bonds is 4. The van der Waals surface area contributed by atoms with Gasteiger partial charge in [-0.05, 0) is 36.1 Å². The minimum absolute atomic E-state index is 0.0973. The van der Waals surface area contributed by atoms with E-state index in [1.807, 2.05) is 19.1 Å². The summed E-state index contributed by atoms with van der Waals surface area (Å²) in [5, 5.41) is 0. The maximum Gasteiger partial charge on any atom is 0.126 e. The zero-order valence-electron chi connectivity index (χ0n) is 11.1. The van der Waals surface area contributed by atoms with E-state index in [0.717, 1.165) is 17.1 Å². The highest BCUT2D eigenvalue weighted by Gasteiger charge is 2.15. The molecular weight excluding hydrogens is 224 g/mol. The van der Waals surface area contributed by atoms with Gasteiger partial charge in [0.25, 0.3) is 0 Å². The Hall–Kier alpha value is -1.58. The summed E-state index contributed by atoms with van der Waals surface area (Å²) in [5.74, 6) is 7.90. The first-order valence-electron chi connectivity index (χ1n) is 6.24. The number of hydrogen-bond donors (Lipinski definition) is 2. The van der Waals surface area contributed by atoms with E-state index < -0.39 is 0 Å². The van der Waals surface area contributed by atoms with Crippen LogP contribution >= 0.6 is 0 Å². The van der Waals surface area contributed by atoms with Gasteiger partial charge in [0, 0.05) is 0 Å². The van der Waals surface area contributed by atoms with E-state index in [2.05, 4.69) is 43.5 Å². The zero-order chi connectivity index (χ0) is 13.1. The van der Waals surface area contributed by atoms with Gasteiger partial charge in [0.05, 0.1) is 0 Å². The maximum atomic E-state index is 5.63. The number of nitrogens with two attached hydrogens (primary N) is 1. The van der Waals surface area contributed by atoms with Crippen LogP contribution in [-0.4, -0.2) is 0 Å². The highest BCUT2D eigenvalue weighted by Crippen LogP contribution is 2.24. The molecule has 0 aliphatic rings. The van der Waals surface area contributed by atoms with E-state index >= 15 is 0 Å². The summed E-state index contributed by atoms with van der Waals surface area (Å²) >= 11 is 0. The molecule has 0 saturated heterocycles. The molecule has 18 heavy (non-hydrogen) atoms. The molecule has 96 valence electrons. The summed E-state index contributed by atoms with van der Waals surface area (Å²) < 4.78 is 5.63. The van der Waals surface area contributed by atoms with Crippen LogP contribution in [0.5, 0.6) is 0 Å². The number of hydrazine groups is 1. The maximum absolute atomic E-state index is 5.63. The van der Waals surface area contributed by atoms with E-state index in [4.69, 9.17) is 10.3 Å². The van der Waals surface area contributed by atoms with Gasteiger partial charge in [-0.15, -0.1) is 0 Å². The fourth-order valence-corrected chi connectivity index (χ4v) is 2.02. The lowest BCUT2D eigenvalue weighted by Crippen LogP contribution is -2.28. The van der Waals surface area contributed by atoms with Gasteiger partial charge in [-0.2, -0.15) is 0 Å². The van der Waals surface area contributed by atoms with Crippen LogP contribution in [0.15, 0.2) is 40.8 Å². The molecule has 0 fully saturated rings. The van der Waals surface area contributed by atoms with Crippen molar-refractivity contribution in [3.05, 3.63) is 59.0 Å². The van der Waals surface area contributed by atoms with E-state index in [1.165, 1.54) is 5.56 Å². The van der Waals surface area contributed by atoms with E-state index in [0.29, 0.717) is 5.92 Å². The number of benzene rings is 1. The first-order valence-corrected chi connectivity index (χ1v) is 6.24. The Bertz CT molecular complexity index is 499. The summed E-state index contributed by atoms with van der Waals surface area (Å²) in [6.07, 6.45) is 0. The molecule has 3 nitrogen and oxygen atoms in total. The highest BCUT2D eigenvalue weighted by molar-refractivity contribution is 5.31. The lowest BCUT2D eigenvalue weighted by molar-refractivity contribution is 0.435. The fourth-order valence-electron chi connectivity index (χ4n) is 2.02. The minimum Gasteiger partial charge on any atom is -0.464 e. The third-order valence-electron chi connectivity index (χ3n) is 3.15. The zero-order valence-corrected chi connectivity index (χ0v) is 11.1. The summed E-state index contributed by atoms with van der Waals surface area (Å²) in [5.41, 5.74) is 5.23. The van der Waals surface area contributed by atoms with Gasteiger partial charge >= 0.3 is 0 Å². The van der Waals surface area contributed by atoms with Crippen LogP contribution in [0.4, 0.5) is 0 Å². The van der Waals surface area contributed by atoms with Crippen molar-refractivity contribution >= 4 is 0 Å². The van der Waals surface area contributed by atoms with E-state index in [-0.39, 0.29) is 6.04 Å². The van der Waals surface area contributed by atoms with Crippen molar-refractivity contribution in [1.82, 2.24) is 5.43 Å². The number of hydrogen-bond acceptors (Lipinski definition) is 3. The van der Waals surface area contributed by atoms with Gasteiger partial charge in [-0.1, -0.05) is 38.1 Å². The largest absolute Gasteiger partial charge is 0.464 e. The van der Waals surface area contributed by atoms with Crippen LogP contribution in [0.3, 0.4) is 0 Å². The van der Waals surface area contributed by atoms with Gasteiger partial charge < -0.3 is 4.42 Å². The van der Waals surface area contributed by atoms with Crippen molar-refractivity contribution in [2.45, 2.75) is 32.7 Å². The highest BCUT2D eigenvalue weighted by atomic mass is 16.3. The second kappa shape index (κ2) is 5.38. The molecule has 1 atom stereocenters. The van der Waals surface area contributed by atoms with Crippen LogP contribution in [0.2, 0.25) is 0 Å². The molecule has 0 amide bonds. The molecule has 2 aromatic rings. The van der Waals surface area contributed by atoms with Crippen LogP contribution in [0, 0.1) is 6.92 Å². The topological polar surface area (TPSA) is 51.2 Å². The Morgan fingerprint density at radius 2 is 1.61 bits per heavy atom. The molecule has 0 aliphatic heterocycles. The SMILES string of the molecule is Cc1ccc(C(NN)c2ccc(C(C)C)cc2)o1. The molecule has 1 aromatic carbocycles. The molecule has 1 unspecified atom stereocenters. The molecule has 1 aromatic heterocycles. The van der Waals surface area contributed by atoms with Gasteiger partial charge in [0.2, 0.25) is 0 Å². The molecule has 0 radical (unpaired) electrons. The molecule has 1 heterocycles. The minimum atomic E-state index is -0.0973. The van der Waals surface area contributed by atoms with Gasteiger partial charge in [-0.25, -0.2) is 5.43 Å². The second-order valence-electron chi connectivity index (χ2n) is 4.87. The third-order valence-corrected chi connectivity index (χ3v) is 3.15. The number of nitrogens with one attached hydrogen (secondary N) is 1. The second-order valence-corrected chi connectivity index (χ2v) is 4.87. The predicted molar refractivity (Wildman–Crippen MR) is 73.1 cm³/mol. The Morgan fingerprint density at radius 1 is 1.00 bits per heavy atom. The lowest BCUT2D eigenvalue weighted by Gasteiger charge is -2.15. The van der Waals surface area contributed by atoms with Gasteiger partial charge in [0.1, 0.15) is 17.6 Å². The standard InChI is InChI=1S/C15H20N2O/c1-10(2)12-5-7-13(8-6-12)15(17-16)14-9-4-11(3)18-14/h4-10,15,17H,16H2,1-3H3. The molecule has 0 saturated carbocycles. The Morgan fingerprint density at radius 3 is 2.06 bits per heavy atom. The van der Waals surface area contributed by atoms with Crippen molar-refractivity contribution in [3.8, 4) is 0 Å². The van der Waals surface area contributed by atoms with Crippen molar-refractivity contribution in [2.24, 2.45) is 5.84 Å². The molecular formula is C15H20N2O. The van der Waals surface area contributed by atoms with Crippen LogP contribution in [0.25, 0.3) is 0 Å². The van der Waals surface area contributed by atoms with Crippen LogP contribution in [0.1, 0.15) is 48.5 Å². The van der Waals surface area contributed by atoms with Gasteiger partial charge in [0.15, 0.2) is 0 Å². The molecule has 3 N–H and O–H groups in total. The first-order chi connectivity index (χ1) is 8.61. The quantitative estimate of drug-likeness (QED) is 0.641. The monoisotopic (exact) mass is 244 g/mol. The molecule has 0 aliphatic carbocycles. The summed E-state index contributed by atoms with van der Waals surface area (Å²) in [7, 11) is 0.